The van der Waals surface area contributed by atoms with E-state index in [9.17, 15) is 8.42 Å². The summed E-state index contributed by atoms with van der Waals surface area (Å²) in [5.74, 6) is 1.19. The second-order valence-electron chi connectivity index (χ2n) is 4.62. The smallest absolute Gasteiger partial charge is 0.281 e. The molecule has 1 N–H and O–H groups in total. The first-order chi connectivity index (χ1) is 7.01. The monoisotopic (exact) mass is 233 g/mol. The Hall–Kier alpha value is -0.170. The zero-order valence-corrected chi connectivity index (χ0v) is 10.1. The van der Waals surface area contributed by atoms with Gasteiger partial charge in [-0.3, -0.25) is 0 Å². The first kappa shape index (κ1) is 11.3. The molecule has 2 aliphatic rings. The molecule has 0 bridgehead atoms. The van der Waals surface area contributed by atoms with E-state index in [2.05, 4.69) is 5.32 Å². The maximum absolute atomic E-state index is 11.9. The van der Waals surface area contributed by atoms with Gasteiger partial charge in [0, 0.05) is 27.2 Å². The van der Waals surface area contributed by atoms with E-state index >= 15 is 0 Å². The minimum absolute atomic E-state index is 0.508. The molecule has 15 heavy (non-hydrogen) atoms. The molecule has 2 atom stereocenters. The van der Waals surface area contributed by atoms with E-state index in [1.165, 1.54) is 4.31 Å². The lowest BCUT2D eigenvalue weighted by Crippen LogP contribution is -2.47. The van der Waals surface area contributed by atoms with Crippen LogP contribution in [0, 0.1) is 11.8 Å². The molecule has 0 spiro atoms. The normalized spacial score (nSPS) is 33.3. The highest BCUT2D eigenvalue weighted by molar-refractivity contribution is 7.86. The minimum Gasteiger partial charge on any atom is -0.316 e. The molecule has 0 aliphatic carbocycles. The number of nitrogens with zero attached hydrogens (tertiary/aromatic N) is 2. The summed E-state index contributed by atoms with van der Waals surface area (Å²) in [6, 6.07) is 0. The highest BCUT2D eigenvalue weighted by Gasteiger charge is 2.37. The molecule has 2 heterocycles. The van der Waals surface area contributed by atoms with Crippen LogP contribution in [-0.2, 0) is 10.2 Å². The summed E-state index contributed by atoms with van der Waals surface area (Å²) in [6.07, 6.45) is 0.991. The van der Waals surface area contributed by atoms with Crippen molar-refractivity contribution in [2.45, 2.75) is 6.42 Å². The predicted octanol–water partition coefficient (Wildman–Crippen LogP) is -0.666. The van der Waals surface area contributed by atoms with Crippen LogP contribution in [0.1, 0.15) is 6.42 Å². The summed E-state index contributed by atoms with van der Waals surface area (Å²) < 4.78 is 26.7. The van der Waals surface area contributed by atoms with Crippen molar-refractivity contribution in [1.29, 1.82) is 0 Å². The number of nitrogens with one attached hydrogen (secondary N) is 1. The van der Waals surface area contributed by atoms with Gasteiger partial charge >= 0.3 is 0 Å². The number of hydrogen-bond donors (Lipinski definition) is 1. The fourth-order valence-electron chi connectivity index (χ4n) is 2.44. The van der Waals surface area contributed by atoms with Crippen LogP contribution in [0.25, 0.3) is 0 Å². The highest BCUT2D eigenvalue weighted by Crippen LogP contribution is 2.28. The Labute approximate surface area is 91.6 Å². The van der Waals surface area contributed by atoms with Crippen molar-refractivity contribution in [2.24, 2.45) is 11.8 Å². The zero-order valence-electron chi connectivity index (χ0n) is 9.31. The van der Waals surface area contributed by atoms with Crippen molar-refractivity contribution >= 4 is 10.2 Å². The van der Waals surface area contributed by atoms with Gasteiger partial charge in [-0.25, -0.2) is 0 Å². The van der Waals surface area contributed by atoms with Crippen LogP contribution in [0.2, 0.25) is 0 Å². The standard InChI is InChI=1S/C9H19N3O2S/c1-11(2)15(13,14)12-4-3-8-5-10-6-9(8)7-12/h8-10H,3-7H2,1-2H3/t8-,9-/m1/s1. The number of fused-ring (bicyclic) bond motifs is 1. The van der Waals surface area contributed by atoms with Crippen molar-refractivity contribution in [1.82, 2.24) is 13.9 Å². The molecule has 5 nitrogen and oxygen atoms in total. The quantitative estimate of drug-likeness (QED) is 0.688. The molecule has 0 unspecified atom stereocenters. The van der Waals surface area contributed by atoms with Gasteiger partial charge in [0.15, 0.2) is 0 Å². The molecule has 88 valence electrons. The van der Waals surface area contributed by atoms with Crippen molar-refractivity contribution in [3.8, 4) is 0 Å². The number of hydrogen-bond acceptors (Lipinski definition) is 3. The maximum Gasteiger partial charge on any atom is 0.281 e. The van der Waals surface area contributed by atoms with Gasteiger partial charge < -0.3 is 5.32 Å². The fourth-order valence-corrected chi connectivity index (χ4v) is 3.62. The molecule has 2 saturated heterocycles. The van der Waals surface area contributed by atoms with Crippen LogP contribution in [0.3, 0.4) is 0 Å². The van der Waals surface area contributed by atoms with Gasteiger partial charge in [0.25, 0.3) is 10.2 Å². The Balaban J connectivity index is 2.07. The molecule has 6 heteroatoms. The zero-order chi connectivity index (χ0) is 11.1. The van der Waals surface area contributed by atoms with Crippen LogP contribution in [0.4, 0.5) is 0 Å². The first-order valence-corrected chi connectivity index (χ1v) is 6.80. The van der Waals surface area contributed by atoms with E-state index in [0.29, 0.717) is 24.9 Å². The van der Waals surface area contributed by atoms with Gasteiger partial charge in [-0.2, -0.15) is 17.0 Å². The largest absolute Gasteiger partial charge is 0.316 e. The van der Waals surface area contributed by atoms with E-state index in [1.807, 2.05) is 0 Å². The lowest BCUT2D eigenvalue weighted by molar-refractivity contribution is 0.220. The van der Waals surface area contributed by atoms with E-state index in [4.69, 9.17) is 0 Å². The van der Waals surface area contributed by atoms with Gasteiger partial charge in [0.1, 0.15) is 0 Å². The van der Waals surface area contributed by atoms with Crippen molar-refractivity contribution in [3.63, 3.8) is 0 Å². The summed E-state index contributed by atoms with van der Waals surface area (Å²) in [5, 5.41) is 3.33. The van der Waals surface area contributed by atoms with Gasteiger partial charge in [-0.1, -0.05) is 0 Å². The van der Waals surface area contributed by atoms with E-state index in [-0.39, 0.29) is 0 Å². The molecule has 0 amide bonds. The summed E-state index contributed by atoms with van der Waals surface area (Å²) in [4.78, 5) is 0. The second-order valence-corrected chi connectivity index (χ2v) is 6.76. The van der Waals surface area contributed by atoms with Gasteiger partial charge in [-0.05, 0) is 31.3 Å². The lowest BCUT2D eigenvalue weighted by Gasteiger charge is -2.34. The van der Waals surface area contributed by atoms with Crippen LogP contribution < -0.4 is 5.32 Å². The van der Waals surface area contributed by atoms with Crippen LogP contribution >= 0.6 is 0 Å². The Morgan fingerprint density at radius 2 is 1.93 bits per heavy atom. The Morgan fingerprint density at radius 1 is 1.27 bits per heavy atom. The molecule has 0 aromatic rings. The maximum atomic E-state index is 11.9. The Bertz CT molecular complexity index is 328. The summed E-state index contributed by atoms with van der Waals surface area (Å²) >= 11 is 0. The number of rotatable bonds is 2. The molecule has 2 rings (SSSR count). The molecular weight excluding hydrogens is 214 g/mol. The molecule has 0 aromatic carbocycles. The molecule has 0 aromatic heterocycles. The predicted molar refractivity (Wildman–Crippen MR) is 58.6 cm³/mol. The van der Waals surface area contributed by atoms with Crippen LogP contribution in [0.15, 0.2) is 0 Å². The lowest BCUT2D eigenvalue weighted by atomic mass is 9.90. The van der Waals surface area contributed by atoms with Crippen LogP contribution in [-0.4, -0.2) is 57.3 Å². The molecular formula is C9H19N3O2S. The third-order valence-electron chi connectivity index (χ3n) is 3.45. The Kier molecular flexibility index (Phi) is 3.03. The molecule has 2 fully saturated rings. The van der Waals surface area contributed by atoms with Gasteiger partial charge in [0.05, 0.1) is 0 Å². The van der Waals surface area contributed by atoms with Crippen molar-refractivity contribution in [2.75, 3.05) is 40.3 Å². The van der Waals surface area contributed by atoms with E-state index in [0.717, 1.165) is 19.5 Å². The summed E-state index contributed by atoms with van der Waals surface area (Å²) in [6.45, 7) is 3.37. The van der Waals surface area contributed by atoms with E-state index < -0.39 is 10.2 Å². The average molecular weight is 233 g/mol. The van der Waals surface area contributed by atoms with Crippen molar-refractivity contribution < 1.29 is 8.42 Å². The third-order valence-corrected chi connectivity index (χ3v) is 5.36. The average Bonchev–Trinajstić information content (AvgIpc) is 2.63. The van der Waals surface area contributed by atoms with Crippen LogP contribution in [0.5, 0.6) is 0 Å². The second kappa shape index (κ2) is 4.01. The van der Waals surface area contributed by atoms with Crippen molar-refractivity contribution in [3.05, 3.63) is 0 Å². The fraction of sp³-hybridized carbons (Fsp3) is 1.00. The highest BCUT2D eigenvalue weighted by atomic mass is 32.2. The topological polar surface area (TPSA) is 52.7 Å². The SMILES string of the molecule is CN(C)S(=O)(=O)N1CC[C@@H]2CNC[C@@H]2C1. The molecule has 0 radical (unpaired) electrons. The van der Waals surface area contributed by atoms with Gasteiger partial charge in [0.2, 0.25) is 0 Å². The first-order valence-electron chi connectivity index (χ1n) is 5.40. The molecule has 0 saturated carbocycles. The third kappa shape index (κ3) is 2.04. The summed E-state index contributed by atoms with van der Waals surface area (Å²) in [7, 11) is -0.0165. The molecule has 2 aliphatic heterocycles. The van der Waals surface area contributed by atoms with E-state index in [1.54, 1.807) is 18.4 Å². The minimum atomic E-state index is -3.20. The van der Waals surface area contributed by atoms with Gasteiger partial charge in [-0.15, -0.1) is 0 Å². The summed E-state index contributed by atoms with van der Waals surface area (Å²) in [5.41, 5.74) is 0. The number of piperidine rings is 1. The Morgan fingerprint density at radius 3 is 2.60 bits per heavy atom.